The normalized spacial score (nSPS) is 12.0. The number of hydrogen-bond donors (Lipinski definition) is 1. The lowest BCUT2D eigenvalue weighted by Gasteiger charge is -2.22. The van der Waals surface area contributed by atoms with E-state index in [0.717, 1.165) is 11.4 Å². The van der Waals surface area contributed by atoms with Crippen molar-refractivity contribution in [3.8, 4) is 5.75 Å². The third-order valence-electron chi connectivity index (χ3n) is 3.50. The number of anilines is 1. The minimum absolute atomic E-state index is 0.344. The Bertz CT molecular complexity index is 589. The predicted octanol–water partition coefficient (Wildman–Crippen LogP) is 3.39. The Morgan fingerprint density at radius 2 is 1.95 bits per heavy atom. The molecule has 4 heteroatoms. The van der Waals surface area contributed by atoms with E-state index in [2.05, 4.69) is 0 Å². The first-order chi connectivity index (χ1) is 10.1. The molecule has 0 saturated carbocycles. The second-order valence-corrected chi connectivity index (χ2v) is 4.95. The maximum Gasteiger partial charge on any atom is 0.128 e. The van der Waals surface area contributed by atoms with Crippen molar-refractivity contribution in [3.05, 3.63) is 59.9 Å². The Morgan fingerprint density at radius 3 is 2.67 bits per heavy atom. The zero-order valence-electron chi connectivity index (χ0n) is 12.3. The fourth-order valence-electron chi connectivity index (χ4n) is 2.19. The maximum absolute atomic E-state index is 13.6. The molecule has 21 heavy (non-hydrogen) atoms. The molecule has 0 aliphatic heterocycles. The molecule has 1 unspecified atom stereocenters. The van der Waals surface area contributed by atoms with E-state index in [1.54, 1.807) is 25.3 Å². The molecule has 0 amide bonds. The fourth-order valence-corrected chi connectivity index (χ4v) is 2.19. The molecule has 0 radical (unpaired) electrons. The molecule has 2 rings (SSSR count). The number of hydrogen-bond acceptors (Lipinski definition) is 3. The predicted molar refractivity (Wildman–Crippen MR) is 82.2 cm³/mol. The average molecular weight is 289 g/mol. The summed E-state index contributed by atoms with van der Waals surface area (Å²) in [5.74, 6) is 0.419. The highest BCUT2D eigenvalue weighted by Gasteiger charge is 2.13. The van der Waals surface area contributed by atoms with Crippen molar-refractivity contribution in [1.82, 2.24) is 0 Å². The summed E-state index contributed by atoms with van der Waals surface area (Å²) < 4.78 is 18.8. The number of rotatable bonds is 6. The topological polar surface area (TPSA) is 32.7 Å². The van der Waals surface area contributed by atoms with Gasteiger partial charge >= 0.3 is 0 Å². The van der Waals surface area contributed by atoms with Gasteiger partial charge in [0.25, 0.3) is 0 Å². The van der Waals surface area contributed by atoms with Crippen molar-refractivity contribution in [2.45, 2.75) is 12.5 Å². The minimum Gasteiger partial charge on any atom is -0.497 e. The zero-order valence-corrected chi connectivity index (χ0v) is 12.3. The van der Waals surface area contributed by atoms with E-state index in [1.165, 1.54) is 6.07 Å². The highest BCUT2D eigenvalue weighted by molar-refractivity contribution is 5.50. The average Bonchev–Trinajstić information content (AvgIpc) is 2.52. The minimum atomic E-state index is -0.806. The Labute approximate surface area is 124 Å². The van der Waals surface area contributed by atoms with Crippen LogP contribution in [-0.2, 0) is 0 Å². The number of aliphatic hydroxyl groups is 1. The molecule has 1 atom stereocenters. The van der Waals surface area contributed by atoms with Crippen molar-refractivity contribution in [2.24, 2.45) is 0 Å². The van der Waals surface area contributed by atoms with Crippen LogP contribution in [0.1, 0.15) is 18.1 Å². The lowest BCUT2D eigenvalue weighted by molar-refractivity contribution is 0.165. The molecule has 3 nitrogen and oxygen atoms in total. The van der Waals surface area contributed by atoms with Crippen molar-refractivity contribution in [2.75, 3.05) is 25.6 Å². The van der Waals surface area contributed by atoms with Gasteiger partial charge < -0.3 is 14.7 Å². The third-order valence-corrected chi connectivity index (χ3v) is 3.50. The van der Waals surface area contributed by atoms with Gasteiger partial charge in [0.15, 0.2) is 0 Å². The van der Waals surface area contributed by atoms with Crippen LogP contribution in [0.2, 0.25) is 0 Å². The summed E-state index contributed by atoms with van der Waals surface area (Å²) in [4.78, 5) is 2.01. The van der Waals surface area contributed by atoms with Crippen LogP contribution in [0.15, 0.2) is 48.5 Å². The maximum atomic E-state index is 13.6. The monoisotopic (exact) mass is 289 g/mol. The lowest BCUT2D eigenvalue weighted by Crippen LogP contribution is -2.20. The summed E-state index contributed by atoms with van der Waals surface area (Å²) in [6.45, 7) is 0.614. The standard InChI is InChI=1S/C17H20FNO2/c1-19(13-6-5-7-14(12-13)21-2)11-10-17(20)15-8-3-4-9-16(15)18/h3-9,12,17,20H,10-11H2,1-2H3. The van der Waals surface area contributed by atoms with Crippen LogP contribution in [0.4, 0.5) is 10.1 Å². The van der Waals surface area contributed by atoms with Crippen LogP contribution in [-0.4, -0.2) is 25.8 Å². The summed E-state index contributed by atoms with van der Waals surface area (Å²) in [6, 6.07) is 14.0. The van der Waals surface area contributed by atoms with Crippen LogP contribution >= 0.6 is 0 Å². The van der Waals surface area contributed by atoms with E-state index in [-0.39, 0.29) is 5.82 Å². The fraction of sp³-hybridized carbons (Fsp3) is 0.294. The molecule has 0 aliphatic carbocycles. The first kappa shape index (κ1) is 15.3. The Hall–Kier alpha value is -2.07. The number of nitrogens with zero attached hydrogens (tertiary/aromatic N) is 1. The van der Waals surface area contributed by atoms with Gasteiger partial charge in [0.2, 0.25) is 0 Å². The molecule has 0 spiro atoms. The summed E-state index contributed by atoms with van der Waals surface area (Å²) in [7, 11) is 3.56. The second-order valence-electron chi connectivity index (χ2n) is 4.95. The Kier molecular flexibility index (Phi) is 5.17. The van der Waals surface area contributed by atoms with Gasteiger partial charge in [0.05, 0.1) is 13.2 Å². The van der Waals surface area contributed by atoms with Gasteiger partial charge in [0, 0.05) is 30.9 Å². The largest absolute Gasteiger partial charge is 0.497 e. The third kappa shape index (κ3) is 3.95. The van der Waals surface area contributed by atoms with E-state index < -0.39 is 6.10 Å². The quantitative estimate of drug-likeness (QED) is 0.884. The van der Waals surface area contributed by atoms with Gasteiger partial charge in [-0.2, -0.15) is 0 Å². The van der Waals surface area contributed by atoms with Gasteiger partial charge in [-0.1, -0.05) is 24.3 Å². The van der Waals surface area contributed by atoms with Crippen LogP contribution in [0.5, 0.6) is 5.75 Å². The van der Waals surface area contributed by atoms with Gasteiger partial charge in [0.1, 0.15) is 11.6 Å². The summed E-state index contributed by atoms with van der Waals surface area (Å²) in [5, 5.41) is 10.1. The summed E-state index contributed by atoms with van der Waals surface area (Å²) in [6.07, 6.45) is -0.353. The van der Waals surface area contributed by atoms with Crippen LogP contribution in [0.3, 0.4) is 0 Å². The summed E-state index contributed by atoms with van der Waals surface area (Å²) in [5.41, 5.74) is 1.34. The molecule has 0 fully saturated rings. The van der Waals surface area contributed by atoms with Crippen molar-refractivity contribution in [3.63, 3.8) is 0 Å². The van der Waals surface area contributed by atoms with Crippen LogP contribution in [0.25, 0.3) is 0 Å². The smallest absolute Gasteiger partial charge is 0.128 e. The Morgan fingerprint density at radius 1 is 1.19 bits per heavy atom. The molecule has 0 bridgehead atoms. The number of benzene rings is 2. The van der Waals surface area contributed by atoms with Crippen molar-refractivity contribution in [1.29, 1.82) is 0 Å². The molecule has 2 aromatic carbocycles. The van der Waals surface area contributed by atoms with E-state index in [4.69, 9.17) is 4.74 Å². The van der Waals surface area contributed by atoms with E-state index in [9.17, 15) is 9.50 Å². The van der Waals surface area contributed by atoms with Crippen LogP contribution in [0, 0.1) is 5.82 Å². The number of aliphatic hydroxyl groups excluding tert-OH is 1. The van der Waals surface area contributed by atoms with Gasteiger partial charge in [-0.3, -0.25) is 0 Å². The molecule has 0 saturated heterocycles. The van der Waals surface area contributed by atoms with Gasteiger partial charge in [-0.15, -0.1) is 0 Å². The van der Waals surface area contributed by atoms with E-state index in [0.29, 0.717) is 18.5 Å². The molecule has 1 N–H and O–H groups in total. The van der Waals surface area contributed by atoms with E-state index >= 15 is 0 Å². The molecule has 0 aliphatic rings. The van der Waals surface area contributed by atoms with Gasteiger partial charge in [-0.05, 0) is 24.6 Å². The number of ether oxygens (including phenoxy) is 1. The Balaban J connectivity index is 1.97. The highest BCUT2D eigenvalue weighted by Crippen LogP contribution is 2.23. The number of methoxy groups -OCH3 is 1. The summed E-state index contributed by atoms with van der Waals surface area (Å²) >= 11 is 0. The first-order valence-corrected chi connectivity index (χ1v) is 6.89. The van der Waals surface area contributed by atoms with Crippen molar-refractivity contribution < 1.29 is 14.2 Å². The molecule has 2 aromatic rings. The molecule has 0 heterocycles. The van der Waals surface area contributed by atoms with Gasteiger partial charge in [-0.25, -0.2) is 4.39 Å². The first-order valence-electron chi connectivity index (χ1n) is 6.89. The molecular formula is C17H20FNO2. The zero-order chi connectivity index (χ0) is 15.2. The molecule has 112 valence electrons. The highest BCUT2D eigenvalue weighted by atomic mass is 19.1. The second kappa shape index (κ2) is 7.09. The lowest BCUT2D eigenvalue weighted by atomic mass is 10.1. The molecular weight excluding hydrogens is 269 g/mol. The van der Waals surface area contributed by atoms with Crippen molar-refractivity contribution >= 4 is 5.69 Å². The SMILES string of the molecule is COc1cccc(N(C)CCC(O)c2ccccc2F)c1. The number of halogens is 1. The van der Waals surface area contributed by atoms with E-state index in [1.807, 2.05) is 36.2 Å². The van der Waals surface area contributed by atoms with Crippen LogP contribution < -0.4 is 9.64 Å². The molecule has 0 aromatic heterocycles.